The topological polar surface area (TPSA) is 33.7 Å². The largest absolute Gasteiger partial charge is 0.496 e. The molecule has 1 heterocycles. The summed E-state index contributed by atoms with van der Waals surface area (Å²) in [4.78, 5) is 2.36. The molecule has 2 aromatic rings. The summed E-state index contributed by atoms with van der Waals surface area (Å²) >= 11 is 0. The van der Waals surface area contributed by atoms with Gasteiger partial charge < -0.3 is 14.8 Å². The number of methoxy groups -OCH3 is 1. The van der Waals surface area contributed by atoms with E-state index in [1.807, 2.05) is 18.2 Å². The normalized spacial score (nSPS) is 18.3. The molecule has 0 saturated carbocycles. The highest BCUT2D eigenvalue weighted by Gasteiger charge is 2.25. The van der Waals surface area contributed by atoms with Gasteiger partial charge >= 0.3 is 0 Å². The molecule has 0 radical (unpaired) electrons. The molecule has 128 valence electrons. The number of para-hydroxylation sites is 2. The monoisotopic (exact) mass is 330 g/mol. The molecule has 0 aromatic heterocycles. The third-order valence-electron chi connectivity index (χ3n) is 4.32. The fourth-order valence-corrected chi connectivity index (χ4v) is 3.10. The maximum atomic E-state index is 13.6. The molecule has 4 nitrogen and oxygen atoms in total. The van der Waals surface area contributed by atoms with Gasteiger partial charge in [0.2, 0.25) is 0 Å². The highest BCUT2D eigenvalue weighted by atomic mass is 19.1. The predicted octanol–water partition coefficient (Wildman–Crippen LogP) is 2.86. The van der Waals surface area contributed by atoms with Crippen molar-refractivity contribution in [2.24, 2.45) is 0 Å². The van der Waals surface area contributed by atoms with Crippen molar-refractivity contribution in [1.29, 1.82) is 0 Å². The Kier molecular flexibility index (Phi) is 5.67. The molecule has 1 saturated heterocycles. The molecule has 1 N–H and O–H groups in total. The smallest absolute Gasteiger partial charge is 0.165 e. The first-order valence-corrected chi connectivity index (χ1v) is 8.24. The summed E-state index contributed by atoms with van der Waals surface area (Å²) in [5, 5.41) is 3.43. The standard InChI is InChI=1S/C19H23FN2O2/c1-23-18-8-4-2-6-15(18)17-14-21-10-11-22(17)12-13-24-19-9-5-3-7-16(19)20/h2-9,17,21H,10-14H2,1H3. The van der Waals surface area contributed by atoms with Crippen LogP contribution in [0.25, 0.3) is 0 Å². The lowest BCUT2D eigenvalue weighted by Gasteiger charge is -2.36. The van der Waals surface area contributed by atoms with Crippen LogP contribution in [-0.2, 0) is 0 Å². The average Bonchev–Trinajstić information content (AvgIpc) is 2.64. The molecule has 24 heavy (non-hydrogen) atoms. The molecule has 1 atom stereocenters. The zero-order valence-electron chi connectivity index (χ0n) is 13.9. The van der Waals surface area contributed by atoms with E-state index in [0.29, 0.717) is 12.4 Å². The summed E-state index contributed by atoms with van der Waals surface area (Å²) < 4.78 is 24.7. The molecule has 0 bridgehead atoms. The lowest BCUT2D eigenvalue weighted by molar-refractivity contribution is 0.130. The molecule has 1 fully saturated rings. The quantitative estimate of drug-likeness (QED) is 0.883. The summed E-state index contributed by atoms with van der Waals surface area (Å²) in [6, 6.07) is 14.8. The molecular formula is C19H23FN2O2. The highest BCUT2D eigenvalue weighted by molar-refractivity contribution is 5.36. The van der Waals surface area contributed by atoms with Crippen LogP contribution in [0.1, 0.15) is 11.6 Å². The Morgan fingerprint density at radius 3 is 2.67 bits per heavy atom. The van der Waals surface area contributed by atoms with Gasteiger partial charge in [-0.25, -0.2) is 4.39 Å². The van der Waals surface area contributed by atoms with Gasteiger partial charge in [-0.1, -0.05) is 30.3 Å². The third-order valence-corrected chi connectivity index (χ3v) is 4.32. The first-order valence-electron chi connectivity index (χ1n) is 8.24. The van der Waals surface area contributed by atoms with Crippen molar-refractivity contribution in [2.45, 2.75) is 6.04 Å². The van der Waals surface area contributed by atoms with E-state index in [2.05, 4.69) is 16.3 Å². The van der Waals surface area contributed by atoms with Crippen LogP contribution in [0.5, 0.6) is 11.5 Å². The van der Waals surface area contributed by atoms with Crippen molar-refractivity contribution in [3.63, 3.8) is 0 Å². The van der Waals surface area contributed by atoms with Crippen LogP contribution in [0, 0.1) is 5.82 Å². The van der Waals surface area contributed by atoms with Gasteiger partial charge in [0, 0.05) is 31.7 Å². The van der Waals surface area contributed by atoms with Crippen LogP contribution >= 0.6 is 0 Å². The second-order valence-electron chi connectivity index (χ2n) is 5.78. The fraction of sp³-hybridized carbons (Fsp3) is 0.368. The van der Waals surface area contributed by atoms with E-state index in [1.165, 1.54) is 6.07 Å². The van der Waals surface area contributed by atoms with Crippen LogP contribution in [0.4, 0.5) is 4.39 Å². The molecular weight excluding hydrogens is 307 g/mol. The van der Waals surface area contributed by atoms with Gasteiger partial charge in [-0.3, -0.25) is 4.90 Å². The van der Waals surface area contributed by atoms with Crippen molar-refractivity contribution in [3.05, 3.63) is 59.9 Å². The Balaban J connectivity index is 1.65. The van der Waals surface area contributed by atoms with Crippen LogP contribution in [0.2, 0.25) is 0 Å². The molecule has 1 aliphatic heterocycles. The minimum Gasteiger partial charge on any atom is -0.496 e. The number of nitrogens with one attached hydrogen (secondary N) is 1. The number of halogens is 1. The molecule has 0 spiro atoms. The SMILES string of the molecule is COc1ccccc1C1CNCCN1CCOc1ccccc1F. The Hall–Kier alpha value is -2.11. The van der Waals surface area contributed by atoms with Crippen LogP contribution in [0.15, 0.2) is 48.5 Å². The lowest BCUT2D eigenvalue weighted by atomic mass is 10.0. The van der Waals surface area contributed by atoms with Crippen LogP contribution in [-0.4, -0.2) is 44.8 Å². The van der Waals surface area contributed by atoms with Crippen molar-refractivity contribution in [2.75, 3.05) is 39.9 Å². The van der Waals surface area contributed by atoms with E-state index in [-0.39, 0.29) is 11.9 Å². The summed E-state index contributed by atoms with van der Waals surface area (Å²) in [5.41, 5.74) is 1.16. The van der Waals surface area contributed by atoms with Crippen molar-refractivity contribution < 1.29 is 13.9 Å². The molecule has 3 rings (SSSR count). The number of piperazine rings is 1. The van der Waals surface area contributed by atoms with E-state index < -0.39 is 0 Å². The molecule has 1 unspecified atom stereocenters. The van der Waals surface area contributed by atoms with Crippen LogP contribution in [0.3, 0.4) is 0 Å². The summed E-state index contributed by atoms with van der Waals surface area (Å²) in [7, 11) is 1.70. The molecule has 2 aromatic carbocycles. The van der Waals surface area contributed by atoms with Gasteiger partial charge in [-0.2, -0.15) is 0 Å². The summed E-state index contributed by atoms with van der Waals surface area (Å²) in [6.07, 6.45) is 0. The number of nitrogens with zero attached hydrogens (tertiary/aromatic N) is 1. The molecule has 0 amide bonds. The van der Waals surface area contributed by atoms with E-state index in [9.17, 15) is 4.39 Å². The Labute approximate surface area is 142 Å². The summed E-state index contributed by atoms with van der Waals surface area (Å²) in [5.74, 6) is 0.881. The first kappa shape index (κ1) is 16.7. The number of ether oxygens (including phenoxy) is 2. The first-order chi connectivity index (χ1) is 11.8. The number of hydrogen-bond donors (Lipinski definition) is 1. The number of rotatable bonds is 6. The second-order valence-corrected chi connectivity index (χ2v) is 5.78. The van der Waals surface area contributed by atoms with E-state index in [0.717, 1.165) is 37.5 Å². The fourth-order valence-electron chi connectivity index (χ4n) is 3.10. The van der Waals surface area contributed by atoms with E-state index >= 15 is 0 Å². The molecule has 1 aliphatic rings. The highest BCUT2D eigenvalue weighted by Crippen LogP contribution is 2.30. The average molecular weight is 330 g/mol. The zero-order valence-corrected chi connectivity index (χ0v) is 13.9. The predicted molar refractivity (Wildman–Crippen MR) is 92.1 cm³/mol. The van der Waals surface area contributed by atoms with Gasteiger partial charge in [-0.15, -0.1) is 0 Å². The molecule has 0 aliphatic carbocycles. The maximum Gasteiger partial charge on any atom is 0.165 e. The van der Waals surface area contributed by atoms with Crippen molar-refractivity contribution >= 4 is 0 Å². The number of hydrogen-bond acceptors (Lipinski definition) is 4. The molecule has 5 heteroatoms. The van der Waals surface area contributed by atoms with Crippen molar-refractivity contribution in [1.82, 2.24) is 10.2 Å². The Bertz CT molecular complexity index is 665. The van der Waals surface area contributed by atoms with Gasteiger partial charge in [0.1, 0.15) is 12.4 Å². The minimum atomic E-state index is -0.320. The van der Waals surface area contributed by atoms with E-state index in [1.54, 1.807) is 25.3 Å². The number of benzene rings is 2. The second kappa shape index (κ2) is 8.13. The van der Waals surface area contributed by atoms with Crippen molar-refractivity contribution in [3.8, 4) is 11.5 Å². The summed E-state index contributed by atoms with van der Waals surface area (Å²) in [6.45, 7) is 3.90. The van der Waals surface area contributed by atoms with Gasteiger partial charge in [0.15, 0.2) is 11.6 Å². The lowest BCUT2D eigenvalue weighted by Crippen LogP contribution is -2.47. The Morgan fingerprint density at radius 1 is 1.12 bits per heavy atom. The third kappa shape index (κ3) is 3.86. The minimum absolute atomic E-state index is 0.221. The van der Waals surface area contributed by atoms with Gasteiger partial charge in [0.05, 0.1) is 13.2 Å². The maximum absolute atomic E-state index is 13.6. The Morgan fingerprint density at radius 2 is 1.88 bits per heavy atom. The van der Waals surface area contributed by atoms with Gasteiger partial charge in [-0.05, 0) is 18.2 Å². The zero-order chi connectivity index (χ0) is 16.8. The van der Waals surface area contributed by atoms with Crippen LogP contribution < -0.4 is 14.8 Å². The van der Waals surface area contributed by atoms with E-state index in [4.69, 9.17) is 9.47 Å². The van der Waals surface area contributed by atoms with Gasteiger partial charge in [0.25, 0.3) is 0 Å².